The molecule has 0 bridgehead atoms. The summed E-state index contributed by atoms with van der Waals surface area (Å²) < 4.78 is 0. The minimum atomic E-state index is 0.806. The highest BCUT2D eigenvalue weighted by Crippen LogP contribution is 2.27. The molecule has 1 unspecified atom stereocenters. The molecule has 1 rings (SSSR count). The van der Waals surface area contributed by atoms with Crippen LogP contribution in [0.3, 0.4) is 0 Å². The fourth-order valence-electron chi connectivity index (χ4n) is 1.89. The Morgan fingerprint density at radius 3 is 2.57 bits per heavy atom. The van der Waals surface area contributed by atoms with Gasteiger partial charge in [0.1, 0.15) is 0 Å². The molecule has 0 nitrogen and oxygen atoms in total. The lowest BCUT2D eigenvalue weighted by Gasteiger charge is -2.13. The molecule has 0 saturated heterocycles. The van der Waals surface area contributed by atoms with Gasteiger partial charge in [0.05, 0.1) is 0 Å². The number of hydrogen-bond acceptors (Lipinski definition) is 1. The normalized spacial score (nSPS) is 13.4. The zero-order chi connectivity index (χ0) is 10.4. The lowest BCUT2D eigenvalue weighted by atomic mass is 9.92. The Balaban J connectivity index is 2.33. The van der Waals surface area contributed by atoms with Gasteiger partial charge in [-0.15, -0.1) is 0 Å². The summed E-state index contributed by atoms with van der Waals surface area (Å²) in [4.78, 5) is 0. The molecule has 1 atom stereocenters. The minimum absolute atomic E-state index is 0.806. The highest BCUT2D eigenvalue weighted by molar-refractivity contribution is 7.07. The number of thiophene rings is 1. The summed E-state index contributed by atoms with van der Waals surface area (Å²) >= 11 is 1.82. The van der Waals surface area contributed by atoms with Crippen LogP contribution in [0.4, 0.5) is 0 Å². The molecule has 0 radical (unpaired) electrons. The molecular formula is C13H22S. The van der Waals surface area contributed by atoms with Gasteiger partial charge in [-0.25, -0.2) is 0 Å². The predicted octanol–water partition coefficient (Wildman–Crippen LogP) is 5.07. The molecule has 0 spiro atoms. The van der Waals surface area contributed by atoms with Crippen LogP contribution in [0.15, 0.2) is 16.8 Å². The van der Waals surface area contributed by atoms with E-state index in [9.17, 15) is 0 Å². The lowest BCUT2D eigenvalue weighted by Crippen LogP contribution is -1.97. The Bertz CT molecular complexity index is 223. The van der Waals surface area contributed by atoms with Crippen molar-refractivity contribution >= 4 is 11.3 Å². The third kappa shape index (κ3) is 3.83. The highest BCUT2D eigenvalue weighted by atomic mass is 32.1. The van der Waals surface area contributed by atoms with Crippen molar-refractivity contribution in [3.63, 3.8) is 0 Å². The van der Waals surface area contributed by atoms with Gasteiger partial charge < -0.3 is 0 Å². The van der Waals surface area contributed by atoms with E-state index in [4.69, 9.17) is 0 Å². The van der Waals surface area contributed by atoms with Crippen molar-refractivity contribution in [2.24, 2.45) is 5.92 Å². The van der Waals surface area contributed by atoms with Crippen molar-refractivity contribution in [3.8, 4) is 0 Å². The second-order valence-electron chi connectivity index (χ2n) is 4.49. The molecule has 14 heavy (non-hydrogen) atoms. The van der Waals surface area contributed by atoms with Crippen LogP contribution < -0.4 is 0 Å². The summed E-state index contributed by atoms with van der Waals surface area (Å²) in [5.74, 6) is 1.66. The maximum absolute atomic E-state index is 2.31. The van der Waals surface area contributed by atoms with Crippen LogP contribution >= 0.6 is 11.3 Å². The van der Waals surface area contributed by atoms with Gasteiger partial charge in [0.15, 0.2) is 0 Å². The van der Waals surface area contributed by atoms with E-state index in [2.05, 4.69) is 37.6 Å². The SMILES string of the molecule is CCC(CCCC(C)C)c1ccsc1. The molecule has 0 amide bonds. The van der Waals surface area contributed by atoms with Crippen LogP contribution in [0.5, 0.6) is 0 Å². The van der Waals surface area contributed by atoms with Gasteiger partial charge in [0, 0.05) is 0 Å². The van der Waals surface area contributed by atoms with E-state index < -0.39 is 0 Å². The molecule has 0 aliphatic carbocycles. The highest BCUT2D eigenvalue weighted by Gasteiger charge is 2.09. The van der Waals surface area contributed by atoms with Gasteiger partial charge in [-0.05, 0) is 47.1 Å². The van der Waals surface area contributed by atoms with E-state index in [-0.39, 0.29) is 0 Å². The van der Waals surface area contributed by atoms with Crippen molar-refractivity contribution in [2.75, 3.05) is 0 Å². The van der Waals surface area contributed by atoms with E-state index in [1.54, 1.807) is 5.56 Å². The molecule has 1 heterocycles. The van der Waals surface area contributed by atoms with E-state index in [1.807, 2.05) is 11.3 Å². The Kier molecular flexibility index (Phi) is 5.24. The van der Waals surface area contributed by atoms with Gasteiger partial charge in [0.2, 0.25) is 0 Å². The molecular weight excluding hydrogens is 188 g/mol. The smallest absolute Gasteiger partial charge is 0.00584 e. The van der Waals surface area contributed by atoms with Crippen molar-refractivity contribution in [1.82, 2.24) is 0 Å². The molecule has 0 fully saturated rings. The van der Waals surface area contributed by atoms with Crippen molar-refractivity contribution in [1.29, 1.82) is 0 Å². The van der Waals surface area contributed by atoms with Gasteiger partial charge in [-0.1, -0.05) is 33.6 Å². The van der Waals surface area contributed by atoms with Crippen molar-refractivity contribution in [2.45, 2.75) is 52.4 Å². The average molecular weight is 210 g/mol. The molecule has 0 aliphatic heterocycles. The average Bonchev–Trinajstić information content (AvgIpc) is 2.64. The molecule has 80 valence electrons. The summed E-state index contributed by atoms with van der Waals surface area (Å²) in [6, 6.07) is 2.29. The molecule has 0 aromatic carbocycles. The van der Waals surface area contributed by atoms with Crippen molar-refractivity contribution < 1.29 is 0 Å². The van der Waals surface area contributed by atoms with E-state index in [0.29, 0.717) is 0 Å². The second-order valence-corrected chi connectivity index (χ2v) is 5.27. The lowest BCUT2D eigenvalue weighted by molar-refractivity contribution is 0.494. The Labute approximate surface area is 92.4 Å². The van der Waals surface area contributed by atoms with Gasteiger partial charge in [-0.2, -0.15) is 11.3 Å². The quantitative estimate of drug-likeness (QED) is 0.615. The maximum atomic E-state index is 2.31. The largest absolute Gasteiger partial charge is 0.152 e. The Morgan fingerprint density at radius 1 is 1.29 bits per heavy atom. The zero-order valence-electron chi connectivity index (χ0n) is 9.62. The van der Waals surface area contributed by atoms with Crippen LogP contribution in [-0.2, 0) is 0 Å². The molecule has 0 N–H and O–H groups in total. The summed E-state index contributed by atoms with van der Waals surface area (Å²) in [6.45, 7) is 6.93. The van der Waals surface area contributed by atoms with Crippen LogP contribution in [0.25, 0.3) is 0 Å². The third-order valence-corrected chi connectivity index (χ3v) is 3.54. The zero-order valence-corrected chi connectivity index (χ0v) is 10.4. The first-order chi connectivity index (χ1) is 6.74. The molecule has 1 heteroatoms. The summed E-state index contributed by atoms with van der Waals surface area (Å²) in [5, 5.41) is 4.50. The fourth-order valence-corrected chi connectivity index (χ4v) is 2.63. The van der Waals surface area contributed by atoms with E-state index in [0.717, 1.165) is 11.8 Å². The Hall–Kier alpha value is -0.300. The standard InChI is InChI=1S/C13H22S/c1-4-12(7-5-6-11(2)3)13-8-9-14-10-13/h8-12H,4-7H2,1-3H3. The molecule has 1 aromatic heterocycles. The summed E-state index contributed by atoms with van der Waals surface area (Å²) in [6.07, 6.45) is 5.41. The monoisotopic (exact) mass is 210 g/mol. The Morgan fingerprint density at radius 2 is 2.07 bits per heavy atom. The van der Waals surface area contributed by atoms with E-state index >= 15 is 0 Å². The molecule has 0 aliphatic rings. The summed E-state index contributed by atoms with van der Waals surface area (Å²) in [5.41, 5.74) is 1.56. The first kappa shape index (κ1) is 11.8. The fraction of sp³-hybridized carbons (Fsp3) is 0.692. The molecule has 1 aromatic rings. The first-order valence-corrected chi connectivity index (χ1v) is 6.70. The van der Waals surface area contributed by atoms with Crippen molar-refractivity contribution in [3.05, 3.63) is 22.4 Å². The topological polar surface area (TPSA) is 0 Å². The van der Waals surface area contributed by atoms with Gasteiger partial charge in [0.25, 0.3) is 0 Å². The maximum Gasteiger partial charge on any atom is -0.00584 e. The molecule has 0 saturated carbocycles. The van der Waals surface area contributed by atoms with Crippen LogP contribution in [0.1, 0.15) is 57.9 Å². The summed E-state index contributed by atoms with van der Waals surface area (Å²) in [7, 11) is 0. The number of rotatable bonds is 6. The van der Waals surface area contributed by atoms with Crippen LogP contribution in [-0.4, -0.2) is 0 Å². The van der Waals surface area contributed by atoms with Gasteiger partial charge in [-0.3, -0.25) is 0 Å². The van der Waals surface area contributed by atoms with E-state index in [1.165, 1.54) is 25.7 Å². The van der Waals surface area contributed by atoms with Crippen LogP contribution in [0.2, 0.25) is 0 Å². The predicted molar refractivity (Wildman–Crippen MR) is 66.0 cm³/mol. The van der Waals surface area contributed by atoms with Crippen LogP contribution in [0, 0.1) is 5.92 Å². The third-order valence-electron chi connectivity index (χ3n) is 2.84. The second kappa shape index (κ2) is 6.23. The number of hydrogen-bond donors (Lipinski definition) is 0. The van der Waals surface area contributed by atoms with Gasteiger partial charge >= 0.3 is 0 Å². The minimum Gasteiger partial charge on any atom is -0.152 e. The first-order valence-electron chi connectivity index (χ1n) is 5.76.